The Bertz CT molecular complexity index is 390. The molecule has 0 fully saturated rings. The van der Waals surface area contributed by atoms with E-state index in [1.54, 1.807) is 0 Å². The first-order valence-corrected chi connectivity index (χ1v) is 7.30. The normalized spacial score (nSPS) is 12.7. The molecule has 1 aromatic carbocycles. The molecule has 0 heterocycles. The van der Waals surface area contributed by atoms with Crippen LogP contribution in [-0.4, -0.2) is 24.7 Å². The van der Waals surface area contributed by atoms with Crippen LogP contribution in [0.3, 0.4) is 0 Å². The van der Waals surface area contributed by atoms with Crippen LogP contribution >= 0.6 is 0 Å². The lowest BCUT2D eigenvalue weighted by Crippen LogP contribution is -2.27. The van der Waals surface area contributed by atoms with Crippen molar-refractivity contribution in [2.75, 3.05) is 24.5 Å². The highest BCUT2D eigenvalue weighted by Crippen LogP contribution is 2.29. The van der Waals surface area contributed by atoms with Gasteiger partial charge in [-0.2, -0.15) is 0 Å². The number of nitrogens with zero attached hydrogens (tertiary/aromatic N) is 1. The SMILES string of the molecule is CCNC(C)c1ccc(N(CC)CC(C)C)cc1O. The first-order chi connectivity index (χ1) is 8.99. The van der Waals surface area contributed by atoms with E-state index < -0.39 is 0 Å². The molecule has 0 aliphatic heterocycles. The van der Waals surface area contributed by atoms with Gasteiger partial charge in [0.2, 0.25) is 0 Å². The number of hydrogen-bond donors (Lipinski definition) is 2. The predicted octanol–water partition coefficient (Wildman–Crippen LogP) is 3.55. The van der Waals surface area contributed by atoms with Gasteiger partial charge in [0.25, 0.3) is 0 Å². The van der Waals surface area contributed by atoms with Gasteiger partial charge in [0, 0.05) is 36.4 Å². The highest BCUT2D eigenvalue weighted by atomic mass is 16.3. The molecule has 0 aromatic heterocycles. The molecule has 2 N–H and O–H groups in total. The summed E-state index contributed by atoms with van der Waals surface area (Å²) < 4.78 is 0. The summed E-state index contributed by atoms with van der Waals surface area (Å²) >= 11 is 0. The molecule has 0 bridgehead atoms. The molecule has 1 atom stereocenters. The Kier molecular flexibility index (Phi) is 6.16. The molecule has 108 valence electrons. The Labute approximate surface area is 117 Å². The maximum atomic E-state index is 10.2. The monoisotopic (exact) mass is 264 g/mol. The Morgan fingerprint density at radius 2 is 1.89 bits per heavy atom. The van der Waals surface area contributed by atoms with Crippen LogP contribution in [0.15, 0.2) is 18.2 Å². The standard InChI is InChI=1S/C16H28N2O/c1-6-17-13(5)15-9-8-14(10-16(15)19)18(7-2)11-12(3)4/h8-10,12-13,17,19H,6-7,11H2,1-5H3. The molecule has 0 amide bonds. The van der Waals surface area contributed by atoms with Crippen LogP contribution in [0.4, 0.5) is 5.69 Å². The van der Waals surface area contributed by atoms with Crippen molar-refractivity contribution in [3.8, 4) is 5.75 Å². The number of anilines is 1. The highest BCUT2D eigenvalue weighted by Gasteiger charge is 2.12. The van der Waals surface area contributed by atoms with E-state index in [-0.39, 0.29) is 6.04 Å². The number of hydrogen-bond acceptors (Lipinski definition) is 3. The summed E-state index contributed by atoms with van der Waals surface area (Å²) in [6.45, 7) is 13.6. The second-order valence-corrected chi connectivity index (χ2v) is 5.45. The van der Waals surface area contributed by atoms with E-state index in [9.17, 15) is 5.11 Å². The summed E-state index contributed by atoms with van der Waals surface area (Å²) in [4.78, 5) is 2.30. The van der Waals surface area contributed by atoms with Crippen molar-refractivity contribution in [1.82, 2.24) is 5.32 Å². The van der Waals surface area contributed by atoms with E-state index in [0.29, 0.717) is 11.7 Å². The fraction of sp³-hybridized carbons (Fsp3) is 0.625. The van der Waals surface area contributed by atoms with Crippen LogP contribution in [0, 0.1) is 5.92 Å². The van der Waals surface area contributed by atoms with Crippen LogP contribution in [-0.2, 0) is 0 Å². The third-order valence-corrected chi connectivity index (χ3v) is 3.32. The summed E-state index contributed by atoms with van der Waals surface area (Å²) in [5, 5.41) is 13.5. The van der Waals surface area contributed by atoms with Gasteiger partial charge in [0.05, 0.1) is 0 Å². The fourth-order valence-corrected chi connectivity index (χ4v) is 2.37. The highest BCUT2D eigenvalue weighted by molar-refractivity contribution is 5.54. The van der Waals surface area contributed by atoms with Gasteiger partial charge in [-0.05, 0) is 32.4 Å². The number of rotatable bonds is 7. The fourth-order valence-electron chi connectivity index (χ4n) is 2.37. The smallest absolute Gasteiger partial charge is 0.122 e. The largest absolute Gasteiger partial charge is 0.508 e. The van der Waals surface area contributed by atoms with E-state index in [1.807, 2.05) is 12.1 Å². The zero-order chi connectivity index (χ0) is 14.4. The number of nitrogens with one attached hydrogen (secondary N) is 1. The zero-order valence-corrected chi connectivity index (χ0v) is 12.9. The summed E-state index contributed by atoms with van der Waals surface area (Å²) in [7, 11) is 0. The molecule has 1 aromatic rings. The van der Waals surface area contributed by atoms with Crippen molar-refractivity contribution >= 4 is 5.69 Å². The third-order valence-electron chi connectivity index (χ3n) is 3.32. The lowest BCUT2D eigenvalue weighted by atomic mass is 10.1. The van der Waals surface area contributed by atoms with E-state index in [2.05, 4.69) is 50.9 Å². The molecular weight excluding hydrogens is 236 g/mol. The molecule has 0 aliphatic rings. The van der Waals surface area contributed by atoms with Crippen LogP contribution in [0.5, 0.6) is 5.75 Å². The van der Waals surface area contributed by atoms with Gasteiger partial charge in [-0.15, -0.1) is 0 Å². The summed E-state index contributed by atoms with van der Waals surface area (Å²) in [6.07, 6.45) is 0. The zero-order valence-electron chi connectivity index (χ0n) is 12.9. The molecule has 0 saturated carbocycles. The van der Waals surface area contributed by atoms with Crippen molar-refractivity contribution in [3.05, 3.63) is 23.8 Å². The van der Waals surface area contributed by atoms with Crippen molar-refractivity contribution < 1.29 is 5.11 Å². The number of phenolic OH excluding ortho intramolecular Hbond substituents is 1. The third kappa shape index (κ3) is 4.43. The summed E-state index contributed by atoms with van der Waals surface area (Å²) in [5.74, 6) is 0.996. The average Bonchev–Trinajstić information content (AvgIpc) is 2.35. The van der Waals surface area contributed by atoms with E-state index in [0.717, 1.165) is 30.9 Å². The Morgan fingerprint density at radius 3 is 2.37 bits per heavy atom. The minimum absolute atomic E-state index is 0.180. The Balaban J connectivity index is 2.91. The summed E-state index contributed by atoms with van der Waals surface area (Å²) in [5.41, 5.74) is 2.06. The van der Waals surface area contributed by atoms with Crippen molar-refractivity contribution in [2.24, 2.45) is 5.92 Å². The molecule has 1 unspecified atom stereocenters. The molecule has 3 nitrogen and oxygen atoms in total. The summed E-state index contributed by atoms with van der Waals surface area (Å²) in [6, 6.07) is 6.20. The quantitative estimate of drug-likeness (QED) is 0.790. The molecule has 0 saturated heterocycles. The first-order valence-electron chi connectivity index (χ1n) is 7.30. The van der Waals surface area contributed by atoms with Crippen LogP contribution < -0.4 is 10.2 Å². The van der Waals surface area contributed by atoms with Crippen LogP contribution in [0.25, 0.3) is 0 Å². The van der Waals surface area contributed by atoms with Gasteiger partial charge in [-0.25, -0.2) is 0 Å². The van der Waals surface area contributed by atoms with Gasteiger partial charge >= 0.3 is 0 Å². The topological polar surface area (TPSA) is 35.5 Å². The van der Waals surface area contributed by atoms with Gasteiger partial charge in [-0.3, -0.25) is 0 Å². The van der Waals surface area contributed by atoms with Gasteiger partial charge in [-0.1, -0.05) is 26.8 Å². The molecule has 19 heavy (non-hydrogen) atoms. The van der Waals surface area contributed by atoms with Gasteiger partial charge < -0.3 is 15.3 Å². The van der Waals surface area contributed by atoms with E-state index in [4.69, 9.17) is 0 Å². The van der Waals surface area contributed by atoms with E-state index in [1.165, 1.54) is 0 Å². The number of benzene rings is 1. The molecule has 0 aliphatic carbocycles. The van der Waals surface area contributed by atoms with Crippen molar-refractivity contribution in [1.29, 1.82) is 0 Å². The van der Waals surface area contributed by atoms with Crippen LogP contribution in [0.1, 0.15) is 46.2 Å². The average molecular weight is 264 g/mol. The molecule has 3 heteroatoms. The lowest BCUT2D eigenvalue weighted by molar-refractivity contribution is 0.454. The Hall–Kier alpha value is -1.22. The van der Waals surface area contributed by atoms with Crippen molar-refractivity contribution in [3.63, 3.8) is 0 Å². The second-order valence-electron chi connectivity index (χ2n) is 5.45. The molecule has 1 rings (SSSR count). The van der Waals surface area contributed by atoms with Crippen molar-refractivity contribution in [2.45, 2.75) is 40.7 Å². The molecule has 0 radical (unpaired) electrons. The van der Waals surface area contributed by atoms with Gasteiger partial charge in [0.15, 0.2) is 0 Å². The minimum Gasteiger partial charge on any atom is -0.508 e. The first kappa shape index (κ1) is 15.8. The Morgan fingerprint density at radius 1 is 1.21 bits per heavy atom. The lowest BCUT2D eigenvalue weighted by Gasteiger charge is -2.26. The maximum absolute atomic E-state index is 10.2. The molecule has 0 spiro atoms. The number of phenols is 1. The predicted molar refractivity (Wildman–Crippen MR) is 82.9 cm³/mol. The number of aromatic hydroxyl groups is 1. The maximum Gasteiger partial charge on any atom is 0.122 e. The van der Waals surface area contributed by atoms with Crippen LogP contribution in [0.2, 0.25) is 0 Å². The van der Waals surface area contributed by atoms with Gasteiger partial charge in [0.1, 0.15) is 5.75 Å². The minimum atomic E-state index is 0.180. The second kappa shape index (κ2) is 7.39. The van der Waals surface area contributed by atoms with E-state index >= 15 is 0 Å². The molecular formula is C16H28N2O.